The second-order valence-electron chi connectivity index (χ2n) is 5.86. The van der Waals surface area contributed by atoms with Gasteiger partial charge in [-0.1, -0.05) is 30.3 Å². The number of amides is 1. The third kappa shape index (κ3) is 5.67. The van der Waals surface area contributed by atoms with Crippen LogP contribution in [0, 0.1) is 0 Å². The van der Waals surface area contributed by atoms with Gasteiger partial charge in [0.25, 0.3) is 5.91 Å². The Morgan fingerprint density at radius 2 is 1.67 bits per heavy atom. The van der Waals surface area contributed by atoms with Crippen molar-refractivity contribution in [2.45, 2.75) is 0 Å². The largest absolute Gasteiger partial charge is 0.490 e. The van der Waals surface area contributed by atoms with Gasteiger partial charge in [0.15, 0.2) is 5.11 Å². The second-order valence-corrected chi connectivity index (χ2v) is 6.25. The minimum Gasteiger partial charge on any atom is -0.490 e. The molecule has 1 amide bonds. The summed E-state index contributed by atoms with van der Waals surface area (Å²) in [5.41, 5.74) is 0.438. The number of hydrogen-bond acceptors (Lipinski definition) is 5. The Morgan fingerprint density at radius 3 is 2.44 bits per heavy atom. The summed E-state index contributed by atoms with van der Waals surface area (Å²) in [5, 5.41) is 3.18. The van der Waals surface area contributed by atoms with Gasteiger partial charge in [-0.2, -0.15) is 0 Å². The van der Waals surface area contributed by atoms with Crippen molar-refractivity contribution in [1.29, 1.82) is 0 Å². The van der Waals surface area contributed by atoms with Crippen molar-refractivity contribution in [3.05, 3.63) is 60.2 Å². The Morgan fingerprint density at radius 1 is 1.00 bits per heavy atom. The van der Waals surface area contributed by atoms with E-state index >= 15 is 0 Å². The Kier molecular flexibility index (Phi) is 7.01. The average Bonchev–Trinajstić information content (AvgIpc) is 2.73. The molecule has 0 aromatic heterocycles. The van der Waals surface area contributed by atoms with E-state index in [1.807, 2.05) is 41.3 Å². The Hall–Kier alpha value is -2.64. The molecule has 1 aliphatic rings. The zero-order valence-electron chi connectivity index (χ0n) is 14.9. The Bertz CT molecular complexity index is 764. The maximum Gasteiger partial charge on any atom is 0.261 e. The number of carbonyl (C=O) groups is 1. The first-order valence-electron chi connectivity index (χ1n) is 8.82. The highest BCUT2D eigenvalue weighted by Gasteiger charge is 2.18. The molecular weight excluding hydrogens is 364 g/mol. The summed E-state index contributed by atoms with van der Waals surface area (Å²) in [6.07, 6.45) is 0. The van der Waals surface area contributed by atoms with Crippen LogP contribution < -0.4 is 14.8 Å². The van der Waals surface area contributed by atoms with Gasteiger partial charge >= 0.3 is 0 Å². The number of para-hydroxylation sites is 2. The van der Waals surface area contributed by atoms with Gasteiger partial charge in [0.05, 0.1) is 18.8 Å². The van der Waals surface area contributed by atoms with Crippen LogP contribution in [0.5, 0.6) is 11.5 Å². The number of benzene rings is 2. The van der Waals surface area contributed by atoms with Crippen LogP contribution in [0.3, 0.4) is 0 Å². The lowest BCUT2D eigenvalue weighted by Crippen LogP contribution is -2.47. The van der Waals surface area contributed by atoms with Crippen LogP contribution in [0.2, 0.25) is 0 Å². The van der Waals surface area contributed by atoms with Crippen molar-refractivity contribution < 1.29 is 19.0 Å². The molecule has 1 N–H and O–H groups in total. The number of rotatable bonds is 6. The van der Waals surface area contributed by atoms with Gasteiger partial charge in [-0.25, -0.2) is 0 Å². The molecule has 6 nitrogen and oxygen atoms in total. The number of ether oxygens (including phenoxy) is 3. The van der Waals surface area contributed by atoms with Gasteiger partial charge in [0.1, 0.15) is 24.7 Å². The van der Waals surface area contributed by atoms with Crippen molar-refractivity contribution in [2.24, 2.45) is 0 Å². The highest BCUT2D eigenvalue weighted by Crippen LogP contribution is 2.18. The summed E-state index contributed by atoms with van der Waals surface area (Å²) in [5.74, 6) is 0.991. The van der Waals surface area contributed by atoms with Crippen molar-refractivity contribution in [3.63, 3.8) is 0 Å². The maximum atomic E-state index is 12.6. The lowest BCUT2D eigenvalue weighted by molar-refractivity contribution is 0.0668. The van der Waals surface area contributed by atoms with Gasteiger partial charge in [0, 0.05) is 13.1 Å². The lowest BCUT2D eigenvalue weighted by atomic mass is 10.2. The number of hydrogen-bond donors (Lipinski definition) is 1. The van der Waals surface area contributed by atoms with Crippen molar-refractivity contribution in [3.8, 4) is 11.5 Å². The molecule has 0 bridgehead atoms. The molecule has 1 saturated heterocycles. The summed E-state index contributed by atoms with van der Waals surface area (Å²) >= 11 is 5.33. The van der Waals surface area contributed by atoms with E-state index in [2.05, 4.69) is 5.32 Å². The molecule has 0 radical (unpaired) electrons. The van der Waals surface area contributed by atoms with Crippen LogP contribution in [0.4, 0.5) is 0 Å². The van der Waals surface area contributed by atoms with Crippen LogP contribution in [-0.2, 0) is 4.74 Å². The highest BCUT2D eigenvalue weighted by atomic mass is 32.1. The fourth-order valence-electron chi connectivity index (χ4n) is 2.62. The summed E-state index contributed by atoms with van der Waals surface area (Å²) in [7, 11) is 0. The standard InChI is InChI=1S/C20H22N2O4S/c23-19(21-20(27)22-10-12-24-13-11-22)17-8-4-5-9-18(17)26-15-14-25-16-6-2-1-3-7-16/h1-9H,10-15H2,(H,21,23,27). The third-order valence-corrected chi connectivity index (χ3v) is 4.36. The molecule has 1 fully saturated rings. The first kappa shape index (κ1) is 19.1. The predicted octanol–water partition coefficient (Wildman–Crippen LogP) is 2.49. The first-order chi connectivity index (χ1) is 13.2. The summed E-state index contributed by atoms with van der Waals surface area (Å²) in [6, 6.07) is 16.6. The van der Waals surface area contributed by atoms with Crippen molar-refractivity contribution in [2.75, 3.05) is 39.5 Å². The SMILES string of the molecule is O=C(NC(=S)N1CCOCC1)c1ccccc1OCCOc1ccccc1. The van der Waals surface area contributed by atoms with E-state index in [4.69, 9.17) is 26.4 Å². The smallest absolute Gasteiger partial charge is 0.261 e. The fourth-order valence-corrected chi connectivity index (χ4v) is 2.89. The van der Waals surface area contributed by atoms with Gasteiger partial charge in [-0.05, 0) is 36.5 Å². The summed E-state index contributed by atoms with van der Waals surface area (Å²) in [4.78, 5) is 14.5. The highest BCUT2D eigenvalue weighted by molar-refractivity contribution is 7.80. The number of morpholine rings is 1. The normalized spacial score (nSPS) is 13.7. The first-order valence-corrected chi connectivity index (χ1v) is 9.22. The lowest BCUT2D eigenvalue weighted by Gasteiger charge is -2.29. The van der Waals surface area contributed by atoms with Crippen molar-refractivity contribution >= 4 is 23.2 Å². The monoisotopic (exact) mass is 386 g/mol. The molecule has 27 heavy (non-hydrogen) atoms. The van der Waals surface area contributed by atoms with Gasteiger partial charge < -0.3 is 19.1 Å². The van der Waals surface area contributed by atoms with Crippen LogP contribution >= 0.6 is 12.2 Å². The predicted molar refractivity (Wildman–Crippen MR) is 106 cm³/mol. The zero-order chi connectivity index (χ0) is 18.9. The molecule has 0 saturated carbocycles. The molecule has 1 heterocycles. The molecule has 2 aromatic rings. The van der Waals surface area contributed by atoms with Gasteiger partial charge in [-0.15, -0.1) is 0 Å². The number of nitrogens with one attached hydrogen (secondary N) is 1. The molecule has 1 aliphatic heterocycles. The minimum atomic E-state index is -0.286. The van der Waals surface area contributed by atoms with Gasteiger partial charge in [-0.3, -0.25) is 10.1 Å². The molecule has 3 rings (SSSR count). The topological polar surface area (TPSA) is 60.0 Å². The van der Waals surface area contributed by atoms with E-state index in [1.165, 1.54) is 0 Å². The van der Waals surface area contributed by atoms with E-state index < -0.39 is 0 Å². The molecule has 0 unspecified atom stereocenters. The molecular formula is C20H22N2O4S. The number of nitrogens with zero attached hydrogens (tertiary/aromatic N) is 1. The van der Waals surface area contributed by atoms with Crippen LogP contribution in [-0.4, -0.2) is 55.4 Å². The Balaban J connectivity index is 1.53. The van der Waals surface area contributed by atoms with Crippen LogP contribution in [0.1, 0.15) is 10.4 Å². The molecule has 7 heteroatoms. The third-order valence-electron chi connectivity index (χ3n) is 4.00. The van der Waals surface area contributed by atoms with E-state index in [9.17, 15) is 4.79 Å². The maximum absolute atomic E-state index is 12.6. The second kappa shape index (κ2) is 9.89. The summed E-state index contributed by atoms with van der Waals surface area (Å²) < 4.78 is 16.7. The molecule has 0 aliphatic carbocycles. The van der Waals surface area contributed by atoms with Crippen LogP contribution in [0.25, 0.3) is 0 Å². The quantitative estimate of drug-likeness (QED) is 0.608. The average molecular weight is 386 g/mol. The molecule has 142 valence electrons. The minimum absolute atomic E-state index is 0.286. The number of thiocarbonyl (C=S) groups is 1. The number of carbonyl (C=O) groups excluding carboxylic acids is 1. The molecule has 0 atom stereocenters. The van der Waals surface area contributed by atoms with Gasteiger partial charge in [0.2, 0.25) is 0 Å². The van der Waals surface area contributed by atoms with E-state index in [1.54, 1.807) is 18.2 Å². The van der Waals surface area contributed by atoms with Crippen LogP contribution in [0.15, 0.2) is 54.6 Å². The van der Waals surface area contributed by atoms with E-state index in [0.717, 1.165) is 5.75 Å². The van der Waals surface area contributed by atoms with E-state index in [-0.39, 0.29) is 5.91 Å². The Labute approximate surface area is 164 Å². The van der Waals surface area contributed by atoms with E-state index in [0.29, 0.717) is 55.9 Å². The molecule has 0 spiro atoms. The fraction of sp³-hybridized carbons (Fsp3) is 0.300. The zero-order valence-corrected chi connectivity index (χ0v) is 15.7. The summed E-state index contributed by atoms with van der Waals surface area (Å²) in [6.45, 7) is 3.27. The molecule has 2 aromatic carbocycles. The van der Waals surface area contributed by atoms with Crippen molar-refractivity contribution in [1.82, 2.24) is 10.2 Å².